The highest BCUT2D eigenvalue weighted by molar-refractivity contribution is 5.85. The lowest BCUT2D eigenvalue weighted by atomic mass is 10.3. The second kappa shape index (κ2) is 5.91. The Morgan fingerprint density at radius 1 is 1.33 bits per heavy atom. The third kappa shape index (κ3) is 3.15. The van der Waals surface area contributed by atoms with E-state index in [2.05, 4.69) is 16.9 Å². The summed E-state index contributed by atoms with van der Waals surface area (Å²) in [6.45, 7) is 2.70. The first-order valence-electron chi connectivity index (χ1n) is 3.86. The summed E-state index contributed by atoms with van der Waals surface area (Å²) in [7, 11) is 0. The van der Waals surface area contributed by atoms with Crippen LogP contribution < -0.4 is 5.73 Å². The average Bonchev–Trinajstić information content (AvgIpc) is 2.07. The summed E-state index contributed by atoms with van der Waals surface area (Å²) in [6, 6.07) is 0. The topological polar surface area (TPSA) is 51.8 Å². The van der Waals surface area contributed by atoms with Crippen LogP contribution in [-0.4, -0.2) is 16.5 Å². The van der Waals surface area contributed by atoms with Gasteiger partial charge >= 0.3 is 0 Å². The van der Waals surface area contributed by atoms with Crippen LogP contribution in [0.1, 0.15) is 18.3 Å². The molecule has 1 rings (SSSR count). The largest absolute Gasteiger partial charge is 0.330 e. The zero-order valence-corrected chi connectivity index (χ0v) is 7.97. The molecule has 12 heavy (non-hydrogen) atoms. The first-order chi connectivity index (χ1) is 5.36. The van der Waals surface area contributed by atoms with Crippen molar-refractivity contribution < 1.29 is 0 Å². The predicted octanol–water partition coefficient (Wildman–Crippen LogP) is 0.962. The zero-order chi connectivity index (χ0) is 8.10. The van der Waals surface area contributed by atoms with Crippen LogP contribution in [0.25, 0.3) is 0 Å². The van der Waals surface area contributed by atoms with Gasteiger partial charge in [-0.15, -0.1) is 12.4 Å². The molecule has 0 radical (unpaired) electrons. The molecule has 0 aliphatic carbocycles. The van der Waals surface area contributed by atoms with E-state index >= 15 is 0 Å². The molecule has 0 atom stereocenters. The molecule has 0 saturated carbocycles. The van der Waals surface area contributed by atoms with Gasteiger partial charge in [-0.2, -0.15) is 0 Å². The Hall–Kier alpha value is -0.670. The molecule has 0 fully saturated rings. The highest BCUT2D eigenvalue weighted by Crippen LogP contribution is 1.96. The van der Waals surface area contributed by atoms with E-state index in [-0.39, 0.29) is 12.4 Å². The van der Waals surface area contributed by atoms with Crippen LogP contribution in [0.3, 0.4) is 0 Å². The van der Waals surface area contributed by atoms with E-state index in [9.17, 15) is 0 Å². The summed E-state index contributed by atoms with van der Waals surface area (Å²) in [5, 5.41) is 0. The van der Waals surface area contributed by atoms with Crippen molar-refractivity contribution in [3.8, 4) is 0 Å². The first-order valence-corrected chi connectivity index (χ1v) is 3.86. The van der Waals surface area contributed by atoms with Crippen molar-refractivity contribution in [2.75, 3.05) is 6.54 Å². The standard InChI is InChI=1S/C8H13N3.ClH/c1-2-7-5-10-8(3-4-9)11-6-7;/h5-6H,2-4,9H2,1H3;1H. The lowest BCUT2D eigenvalue weighted by Gasteiger charge is -1.97. The van der Waals surface area contributed by atoms with Crippen LogP contribution >= 0.6 is 12.4 Å². The number of aromatic nitrogens is 2. The Labute approximate surface area is 78.8 Å². The normalized spacial score (nSPS) is 9.17. The summed E-state index contributed by atoms with van der Waals surface area (Å²) in [4.78, 5) is 8.30. The van der Waals surface area contributed by atoms with Crippen molar-refractivity contribution >= 4 is 12.4 Å². The number of rotatable bonds is 3. The van der Waals surface area contributed by atoms with E-state index in [1.807, 2.05) is 12.4 Å². The van der Waals surface area contributed by atoms with Gasteiger partial charge in [0.2, 0.25) is 0 Å². The van der Waals surface area contributed by atoms with E-state index in [0.717, 1.165) is 18.7 Å². The van der Waals surface area contributed by atoms with E-state index in [1.54, 1.807) is 0 Å². The zero-order valence-electron chi connectivity index (χ0n) is 7.16. The SMILES string of the molecule is CCc1cnc(CCN)nc1.Cl. The second-order valence-electron chi connectivity index (χ2n) is 2.40. The number of hydrogen-bond acceptors (Lipinski definition) is 3. The Morgan fingerprint density at radius 3 is 2.33 bits per heavy atom. The molecule has 1 heterocycles. The van der Waals surface area contributed by atoms with Gasteiger partial charge in [0, 0.05) is 18.8 Å². The minimum Gasteiger partial charge on any atom is -0.330 e. The van der Waals surface area contributed by atoms with E-state index < -0.39 is 0 Å². The maximum Gasteiger partial charge on any atom is 0.129 e. The van der Waals surface area contributed by atoms with Gasteiger partial charge in [0.15, 0.2) is 0 Å². The summed E-state index contributed by atoms with van der Waals surface area (Å²) >= 11 is 0. The van der Waals surface area contributed by atoms with Gasteiger partial charge in [-0.3, -0.25) is 0 Å². The van der Waals surface area contributed by atoms with Crippen LogP contribution in [-0.2, 0) is 12.8 Å². The van der Waals surface area contributed by atoms with Gasteiger partial charge in [0.25, 0.3) is 0 Å². The van der Waals surface area contributed by atoms with Crippen molar-refractivity contribution in [1.29, 1.82) is 0 Å². The maximum atomic E-state index is 5.35. The molecular weight excluding hydrogens is 174 g/mol. The molecule has 0 aliphatic heterocycles. The van der Waals surface area contributed by atoms with Crippen molar-refractivity contribution in [1.82, 2.24) is 9.97 Å². The number of hydrogen-bond donors (Lipinski definition) is 1. The fourth-order valence-corrected chi connectivity index (χ4v) is 0.822. The summed E-state index contributed by atoms with van der Waals surface area (Å²) in [6.07, 6.45) is 5.48. The van der Waals surface area contributed by atoms with Gasteiger partial charge < -0.3 is 5.73 Å². The average molecular weight is 188 g/mol. The quantitative estimate of drug-likeness (QED) is 0.767. The number of halogens is 1. The van der Waals surface area contributed by atoms with Gasteiger partial charge in [-0.25, -0.2) is 9.97 Å². The number of aryl methyl sites for hydroxylation is 1. The molecule has 0 spiro atoms. The summed E-state index contributed by atoms with van der Waals surface area (Å²) in [5.41, 5.74) is 6.52. The van der Waals surface area contributed by atoms with Gasteiger partial charge in [-0.1, -0.05) is 6.92 Å². The van der Waals surface area contributed by atoms with Crippen molar-refractivity contribution in [3.05, 3.63) is 23.8 Å². The fourth-order valence-electron chi connectivity index (χ4n) is 0.822. The minimum atomic E-state index is 0. The van der Waals surface area contributed by atoms with Crippen molar-refractivity contribution in [3.63, 3.8) is 0 Å². The summed E-state index contributed by atoms with van der Waals surface area (Å²) < 4.78 is 0. The molecule has 0 amide bonds. The summed E-state index contributed by atoms with van der Waals surface area (Å²) in [5.74, 6) is 0.838. The number of nitrogens with zero attached hydrogens (tertiary/aromatic N) is 2. The Morgan fingerprint density at radius 2 is 1.92 bits per heavy atom. The van der Waals surface area contributed by atoms with E-state index in [0.29, 0.717) is 6.54 Å². The molecule has 0 saturated heterocycles. The lowest BCUT2D eigenvalue weighted by Crippen LogP contribution is -2.06. The van der Waals surface area contributed by atoms with Crippen LogP contribution in [0, 0.1) is 0 Å². The van der Waals surface area contributed by atoms with Gasteiger partial charge in [-0.05, 0) is 18.5 Å². The van der Waals surface area contributed by atoms with Crippen LogP contribution in [0.4, 0.5) is 0 Å². The van der Waals surface area contributed by atoms with Gasteiger partial charge in [0.1, 0.15) is 5.82 Å². The minimum absolute atomic E-state index is 0. The highest BCUT2D eigenvalue weighted by Gasteiger charge is 1.93. The fraction of sp³-hybridized carbons (Fsp3) is 0.500. The van der Waals surface area contributed by atoms with Crippen molar-refractivity contribution in [2.24, 2.45) is 5.73 Å². The number of nitrogens with two attached hydrogens (primary N) is 1. The third-order valence-electron chi connectivity index (χ3n) is 1.53. The lowest BCUT2D eigenvalue weighted by molar-refractivity contribution is 0.855. The molecule has 1 aromatic rings. The Bertz CT molecular complexity index is 210. The van der Waals surface area contributed by atoms with Crippen LogP contribution in [0.5, 0.6) is 0 Å². The predicted molar refractivity (Wildman–Crippen MR) is 51.4 cm³/mol. The smallest absolute Gasteiger partial charge is 0.129 e. The molecule has 4 heteroatoms. The van der Waals surface area contributed by atoms with Crippen LogP contribution in [0.2, 0.25) is 0 Å². The first kappa shape index (κ1) is 11.3. The Balaban J connectivity index is 0.00000121. The molecule has 0 unspecified atom stereocenters. The molecule has 1 aromatic heterocycles. The molecular formula is C8H14ClN3. The molecule has 0 aliphatic rings. The molecule has 68 valence electrons. The second-order valence-corrected chi connectivity index (χ2v) is 2.40. The van der Waals surface area contributed by atoms with E-state index in [1.165, 1.54) is 5.56 Å². The Kier molecular flexibility index (Phi) is 5.58. The third-order valence-corrected chi connectivity index (χ3v) is 1.53. The van der Waals surface area contributed by atoms with E-state index in [4.69, 9.17) is 5.73 Å². The van der Waals surface area contributed by atoms with Gasteiger partial charge in [0.05, 0.1) is 0 Å². The molecule has 0 bridgehead atoms. The molecule has 3 nitrogen and oxygen atoms in total. The molecule has 0 aromatic carbocycles. The highest BCUT2D eigenvalue weighted by atomic mass is 35.5. The molecule has 2 N–H and O–H groups in total. The monoisotopic (exact) mass is 187 g/mol. The van der Waals surface area contributed by atoms with Crippen molar-refractivity contribution in [2.45, 2.75) is 19.8 Å². The maximum absolute atomic E-state index is 5.35. The van der Waals surface area contributed by atoms with Crippen LogP contribution in [0.15, 0.2) is 12.4 Å².